The molecular weight excluding hydrogens is 279 g/mol. The average molecular weight is 295 g/mol. The number of hydrogen-bond donors (Lipinski definition) is 2. The van der Waals surface area contributed by atoms with Crippen molar-refractivity contribution in [2.24, 2.45) is 0 Å². The van der Waals surface area contributed by atoms with Crippen LogP contribution in [0.4, 0.5) is 4.39 Å². The minimum absolute atomic E-state index is 0.0111. The van der Waals surface area contributed by atoms with Gasteiger partial charge in [-0.15, -0.1) is 0 Å². The monoisotopic (exact) mass is 294 g/mol. The minimum atomic E-state index is -3.21. The topological polar surface area (TPSA) is 58.2 Å². The summed E-state index contributed by atoms with van der Waals surface area (Å²) in [6, 6.07) is 4.34. The molecule has 1 rings (SSSR count). The van der Waals surface area contributed by atoms with Crippen LogP contribution >= 0.6 is 11.6 Å². The van der Waals surface area contributed by atoms with E-state index in [1.54, 1.807) is 6.07 Å². The highest BCUT2D eigenvalue weighted by atomic mass is 35.5. The molecule has 0 aliphatic carbocycles. The summed E-state index contributed by atoms with van der Waals surface area (Å²) in [5.74, 6) is -0.478. The maximum Gasteiger partial charge on any atom is 0.212 e. The van der Waals surface area contributed by atoms with E-state index in [1.165, 1.54) is 19.2 Å². The number of rotatable bonds is 6. The van der Waals surface area contributed by atoms with Crippen LogP contribution in [0.1, 0.15) is 18.5 Å². The maximum atomic E-state index is 13.0. The zero-order valence-electron chi connectivity index (χ0n) is 10.2. The molecule has 0 radical (unpaired) electrons. The molecule has 0 spiro atoms. The van der Waals surface area contributed by atoms with Crippen LogP contribution in [0.15, 0.2) is 18.2 Å². The van der Waals surface area contributed by atoms with Crippen LogP contribution < -0.4 is 10.0 Å². The van der Waals surface area contributed by atoms with Crippen molar-refractivity contribution in [2.75, 3.05) is 19.3 Å². The Kier molecular flexibility index (Phi) is 5.52. The Morgan fingerprint density at radius 2 is 2.11 bits per heavy atom. The summed E-state index contributed by atoms with van der Waals surface area (Å²) in [7, 11) is -1.84. The average Bonchev–Trinajstić information content (AvgIpc) is 2.32. The standard InChI is InChI=1S/C11H16ClFN2O2S/c1-8(15-5-6-18(16,17)14-2)9-3-4-11(13)10(12)7-9/h3-4,7-8,14-15H,5-6H2,1-2H3. The van der Waals surface area contributed by atoms with Gasteiger partial charge in [-0.3, -0.25) is 0 Å². The molecule has 1 atom stereocenters. The van der Waals surface area contributed by atoms with E-state index in [0.29, 0.717) is 6.54 Å². The van der Waals surface area contributed by atoms with Crippen molar-refractivity contribution < 1.29 is 12.8 Å². The van der Waals surface area contributed by atoms with Crippen molar-refractivity contribution in [2.45, 2.75) is 13.0 Å². The molecule has 0 aliphatic rings. The molecule has 102 valence electrons. The van der Waals surface area contributed by atoms with Crippen molar-refractivity contribution in [1.82, 2.24) is 10.0 Å². The highest BCUT2D eigenvalue weighted by Crippen LogP contribution is 2.20. The van der Waals surface area contributed by atoms with E-state index in [9.17, 15) is 12.8 Å². The van der Waals surface area contributed by atoms with Crippen LogP contribution in [-0.2, 0) is 10.0 Å². The molecule has 1 aromatic carbocycles. The largest absolute Gasteiger partial charge is 0.309 e. The first-order chi connectivity index (χ1) is 8.35. The fourth-order valence-corrected chi connectivity index (χ4v) is 2.19. The zero-order valence-corrected chi connectivity index (χ0v) is 11.8. The van der Waals surface area contributed by atoms with Gasteiger partial charge >= 0.3 is 0 Å². The minimum Gasteiger partial charge on any atom is -0.309 e. The Morgan fingerprint density at radius 3 is 2.67 bits per heavy atom. The lowest BCUT2D eigenvalue weighted by atomic mass is 10.1. The predicted molar refractivity (Wildman–Crippen MR) is 70.7 cm³/mol. The van der Waals surface area contributed by atoms with Crippen molar-refractivity contribution in [3.63, 3.8) is 0 Å². The molecule has 0 amide bonds. The summed E-state index contributed by atoms with van der Waals surface area (Å²) in [5, 5.41) is 3.10. The van der Waals surface area contributed by atoms with E-state index in [1.807, 2.05) is 6.92 Å². The molecule has 4 nitrogen and oxygen atoms in total. The first-order valence-corrected chi connectivity index (χ1v) is 7.48. The molecule has 1 aromatic rings. The third-order valence-corrected chi connectivity index (χ3v) is 4.23. The van der Waals surface area contributed by atoms with Crippen molar-refractivity contribution in [1.29, 1.82) is 0 Å². The smallest absolute Gasteiger partial charge is 0.212 e. The van der Waals surface area contributed by atoms with Crippen LogP contribution in [0.3, 0.4) is 0 Å². The zero-order chi connectivity index (χ0) is 13.8. The number of hydrogen-bond acceptors (Lipinski definition) is 3. The second-order valence-electron chi connectivity index (χ2n) is 3.87. The van der Waals surface area contributed by atoms with Gasteiger partial charge < -0.3 is 5.32 Å². The van der Waals surface area contributed by atoms with E-state index in [-0.39, 0.29) is 16.8 Å². The van der Waals surface area contributed by atoms with Gasteiger partial charge in [0.25, 0.3) is 0 Å². The fourth-order valence-electron chi connectivity index (χ4n) is 1.41. The van der Waals surface area contributed by atoms with Crippen molar-refractivity contribution in [3.8, 4) is 0 Å². The van der Waals surface area contributed by atoms with Gasteiger partial charge in [0.05, 0.1) is 10.8 Å². The number of benzene rings is 1. The van der Waals surface area contributed by atoms with Crippen LogP contribution in [0, 0.1) is 5.82 Å². The van der Waals surface area contributed by atoms with Gasteiger partial charge in [-0.2, -0.15) is 0 Å². The molecule has 0 saturated heterocycles. The van der Waals surface area contributed by atoms with Gasteiger partial charge in [-0.05, 0) is 31.7 Å². The lowest BCUT2D eigenvalue weighted by Gasteiger charge is -2.14. The molecule has 0 fully saturated rings. The third kappa shape index (κ3) is 4.53. The van der Waals surface area contributed by atoms with Crippen LogP contribution in [0.2, 0.25) is 5.02 Å². The van der Waals surface area contributed by atoms with E-state index in [0.717, 1.165) is 5.56 Å². The second kappa shape index (κ2) is 6.47. The Labute approximate surface area is 112 Å². The van der Waals surface area contributed by atoms with E-state index in [2.05, 4.69) is 10.0 Å². The molecular formula is C11H16ClFN2O2S. The lowest BCUT2D eigenvalue weighted by molar-refractivity contribution is 0.566. The van der Waals surface area contributed by atoms with Gasteiger partial charge in [0, 0.05) is 12.6 Å². The van der Waals surface area contributed by atoms with Gasteiger partial charge in [-0.25, -0.2) is 17.5 Å². The van der Waals surface area contributed by atoms with Crippen molar-refractivity contribution in [3.05, 3.63) is 34.6 Å². The first kappa shape index (κ1) is 15.4. The lowest BCUT2D eigenvalue weighted by Crippen LogP contribution is -2.30. The Balaban J connectivity index is 2.55. The number of sulfonamides is 1. The number of halogens is 2. The summed E-state index contributed by atoms with van der Waals surface area (Å²) in [6.45, 7) is 2.16. The van der Waals surface area contributed by atoms with Crippen molar-refractivity contribution >= 4 is 21.6 Å². The van der Waals surface area contributed by atoms with E-state index >= 15 is 0 Å². The molecule has 0 heterocycles. The van der Waals surface area contributed by atoms with Gasteiger partial charge in [0.15, 0.2) is 0 Å². The maximum absolute atomic E-state index is 13.0. The quantitative estimate of drug-likeness (QED) is 0.839. The summed E-state index contributed by atoms with van der Waals surface area (Å²) in [6.07, 6.45) is 0. The Hall–Kier alpha value is -0.690. The van der Waals surface area contributed by atoms with Gasteiger partial charge in [0.2, 0.25) is 10.0 Å². The normalized spacial score (nSPS) is 13.6. The predicted octanol–water partition coefficient (Wildman–Crippen LogP) is 1.68. The molecule has 18 heavy (non-hydrogen) atoms. The molecule has 0 aromatic heterocycles. The Morgan fingerprint density at radius 1 is 1.44 bits per heavy atom. The second-order valence-corrected chi connectivity index (χ2v) is 6.33. The molecule has 0 aliphatic heterocycles. The molecule has 0 bridgehead atoms. The molecule has 2 N–H and O–H groups in total. The highest BCUT2D eigenvalue weighted by Gasteiger charge is 2.10. The van der Waals surface area contributed by atoms with Crippen LogP contribution in [0.5, 0.6) is 0 Å². The van der Waals surface area contributed by atoms with Gasteiger partial charge in [0.1, 0.15) is 5.82 Å². The Bertz CT molecular complexity index is 508. The SMILES string of the molecule is CNS(=O)(=O)CCNC(C)c1ccc(F)c(Cl)c1. The molecule has 7 heteroatoms. The van der Waals surface area contributed by atoms with E-state index < -0.39 is 15.8 Å². The third-order valence-electron chi connectivity index (χ3n) is 2.58. The summed E-state index contributed by atoms with van der Waals surface area (Å²) < 4.78 is 37.6. The number of nitrogens with one attached hydrogen (secondary N) is 2. The summed E-state index contributed by atoms with van der Waals surface area (Å²) in [4.78, 5) is 0. The molecule has 1 unspecified atom stereocenters. The van der Waals surface area contributed by atoms with E-state index in [4.69, 9.17) is 11.6 Å². The van der Waals surface area contributed by atoms with Crippen LogP contribution in [0.25, 0.3) is 0 Å². The fraction of sp³-hybridized carbons (Fsp3) is 0.455. The summed E-state index contributed by atoms with van der Waals surface area (Å²) in [5.41, 5.74) is 0.809. The van der Waals surface area contributed by atoms with Gasteiger partial charge in [-0.1, -0.05) is 17.7 Å². The first-order valence-electron chi connectivity index (χ1n) is 5.45. The highest BCUT2D eigenvalue weighted by molar-refractivity contribution is 7.89. The van der Waals surface area contributed by atoms with Crippen LogP contribution in [-0.4, -0.2) is 27.8 Å². The summed E-state index contributed by atoms with van der Waals surface area (Å²) >= 11 is 5.68. The molecule has 0 saturated carbocycles.